The summed E-state index contributed by atoms with van der Waals surface area (Å²) in [6.45, 7) is 13.1. The van der Waals surface area contributed by atoms with Crippen LogP contribution in [0.15, 0.2) is 73.8 Å². The lowest BCUT2D eigenvalue weighted by molar-refractivity contribution is -0.160. The molecule has 0 aliphatic carbocycles. The zero-order chi connectivity index (χ0) is 35.5. The molecule has 2 bridgehead atoms. The number of alkyl halides is 1. The Morgan fingerprint density at radius 2 is 1.92 bits per heavy atom. The van der Waals surface area contributed by atoms with Crippen LogP contribution in [0.4, 0.5) is 5.69 Å². The van der Waals surface area contributed by atoms with Crippen molar-refractivity contribution in [2.45, 2.75) is 81.2 Å². The number of aliphatic hydroxyl groups excluding tert-OH is 1. The summed E-state index contributed by atoms with van der Waals surface area (Å²) >= 11 is 3.72. The van der Waals surface area contributed by atoms with Crippen molar-refractivity contribution in [3.8, 4) is 0 Å². The van der Waals surface area contributed by atoms with E-state index in [1.54, 1.807) is 17.1 Å². The summed E-state index contributed by atoms with van der Waals surface area (Å²) in [5.41, 5.74) is 1.86. The number of hydrogen-bond acceptors (Lipinski definition) is 7. The largest absolute Gasteiger partial charge is 0.455 e. The van der Waals surface area contributed by atoms with Gasteiger partial charge in [-0.1, -0.05) is 77.5 Å². The van der Waals surface area contributed by atoms with E-state index in [-0.39, 0.29) is 42.8 Å². The monoisotopic (exact) mass is 735 g/mol. The van der Waals surface area contributed by atoms with Crippen LogP contribution in [0.5, 0.6) is 0 Å². The summed E-state index contributed by atoms with van der Waals surface area (Å²) in [7, 11) is 0. The van der Waals surface area contributed by atoms with Gasteiger partial charge < -0.3 is 29.7 Å². The van der Waals surface area contributed by atoms with Crippen molar-refractivity contribution >= 4 is 45.3 Å². The van der Waals surface area contributed by atoms with Crippen LogP contribution in [-0.2, 0) is 28.7 Å². The van der Waals surface area contributed by atoms with Crippen molar-refractivity contribution in [3.63, 3.8) is 0 Å². The Morgan fingerprint density at radius 3 is 2.57 bits per heavy atom. The van der Waals surface area contributed by atoms with E-state index in [0.29, 0.717) is 30.5 Å². The van der Waals surface area contributed by atoms with Crippen LogP contribution in [-0.4, -0.2) is 82.0 Å². The van der Waals surface area contributed by atoms with E-state index in [4.69, 9.17) is 9.47 Å². The number of ether oxygens (including phenoxy) is 2. The molecule has 11 heteroatoms. The van der Waals surface area contributed by atoms with Crippen LogP contribution >= 0.6 is 15.9 Å². The number of benzene rings is 2. The molecule has 3 aliphatic rings. The smallest absolute Gasteiger partial charge is 0.313 e. The summed E-state index contributed by atoms with van der Waals surface area (Å²) in [4.78, 5) is 59.1. The van der Waals surface area contributed by atoms with E-state index in [1.807, 2.05) is 69.3 Å². The first-order chi connectivity index (χ1) is 23.5. The molecule has 2 aromatic rings. The SMILES string of the molecule is C=CCCC(=O)NC[C@@H](OC(=O)[C@@H]1[C@H]2O[C@@]3(CC2Br)[C@H](C(=O)N(CC=C)c2cc(C)ccc2C)N([C@@H](CC)CO)C(=O)[C@@H]13)c1ccccc1. The third-order valence-corrected chi connectivity index (χ3v) is 10.9. The number of rotatable bonds is 15. The minimum atomic E-state index is -1.35. The van der Waals surface area contributed by atoms with Gasteiger partial charge in [-0.05, 0) is 55.9 Å². The van der Waals surface area contributed by atoms with Crippen molar-refractivity contribution in [2.24, 2.45) is 11.8 Å². The number of esters is 1. The number of aryl methyl sites for hydroxylation is 2. The van der Waals surface area contributed by atoms with E-state index in [1.165, 1.54) is 4.90 Å². The molecule has 3 saturated heterocycles. The first kappa shape index (κ1) is 36.5. The first-order valence-corrected chi connectivity index (χ1v) is 17.8. The number of carbonyl (C=O) groups excluding carboxylic acids is 4. The van der Waals surface area contributed by atoms with Crippen LogP contribution < -0.4 is 10.2 Å². The molecule has 2 N–H and O–H groups in total. The van der Waals surface area contributed by atoms with Gasteiger partial charge in [0.25, 0.3) is 5.91 Å². The number of anilines is 1. The Bertz CT molecular complexity index is 1580. The Morgan fingerprint density at radius 1 is 1.18 bits per heavy atom. The molecular formula is C38H46BrN3O7. The minimum Gasteiger partial charge on any atom is -0.455 e. The van der Waals surface area contributed by atoms with Gasteiger partial charge in [0.05, 0.1) is 37.1 Å². The molecule has 0 aromatic heterocycles. The molecule has 3 heterocycles. The van der Waals surface area contributed by atoms with Crippen LogP contribution in [0, 0.1) is 25.7 Å². The molecule has 0 saturated carbocycles. The molecule has 262 valence electrons. The molecule has 1 spiro atoms. The fraction of sp³-hybridized carbons (Fsp3) is 0.474. The molecule has 0 radical (unpaired) electrons. The number of halogens is 1. The van der Waals surface area contributed by atoms with Gasteiger partial charge in [0.1, 0.15) is 17.7 Å². The predicted octanol–water partition coefficient (Wildman–Crippen LogP) is 4.71. The summed E-state index contributed by atoms with van der Waals surface area (Å²) in [6.07, 6.45) is 3.19. The number of nitrogens with zero attached hydrogens (tertiary/aromatic N) is 2. The Kier molecular flexibility index (Phi) is 11.5. The fourth-order valence-corrected chi connectivity index (χ4v) is 8.60. The zero-order valence-corrected chi connectivity index (χ0v) is 29.9. The maximum atomic E-state index is 14.9. The maximum absolute atomic E-state index is 14.9. The summed E-state index contributed by atoms with van der Waals surface area (Å²) in [6, 6.07) is 13.2. The first-order valence-electron chi connectivity index (χ1n) is 16.9. The highest BCUT2D eigenvalue weighted by Gasteiger charge is 2.77. The Balaban J connectivity index is 1.52. The Labute approximate surface area is 296 Å². The number of hydrogen-bond donors (Lipinski definition) is 2. The van der Waals surface area contributed by atoms with E-state index in [9.17, 15) is 24.3 Å². The number of likely N-dealkylation sites (tertiary alicyclic amines) is 1. The highest BCUT2D eigenvalue weighted by Crippen LogP contribution is 2.61. The van der Waals surface area contributed by atoms with Gasteiger partial charge in [0.15, 0.2) is 0 Å². The van der Waals surface area contributed by atoms with E-state index >= 15 is 0 Å². The lowest BCUT2D eigenvalue weighted by atomic mass is 9.70. The van der Waals surface area contributed by atoms with Gasteiger partial charge in [-0.25, -0.2) is 0 Å². The average Bonchev–Trinajstić information content (AvgIpc) is 3.69. The van der Waals surface area contributed by atoms with E-state index < -0.39 is 53.6 Å². The molecule has 49 heavy (non-hydrogen) atoms. The van der Waals surface area contributed by atoms with Crippen molar-refractivity contribution < 1.29 is 33.8 Å². The quantitative estimate of drug-likeness (QED) is 0.154. The zero-order valence-electron chi connectivity index (χ0n) is 28.3. The van der Waals surface area contributed by atoms with Crippen molar-refractivity contribution in [3.05, 3.63) is 90.5 Å². The molecular weight excluding hydrogens is 690 g/mol. The molecule has 1 unspecified atom stereocenters. The van der Waals surface area contributed by atoms with Gasteiger partial charge in [0, 0.05) is 23.5 Å². The van der Waals surface area contributed by atoms with Crippen molar-refractivity contribution in [1.82, 2.24) is 10.2 Å². The van der Waals surface area contributed by atoms with Gasteiger partial charge in [-0.2, -0.15) is 0 Å². The maximum Gasteiger partial charge on any atom is 0.313 e. The predicted molar refractivity (Wildman–Crippen MR) is 190 cm³/mol. The van der Waals surface area contributed by atoms with Gasteiger partial charge in [0.2, 0.25) is 11.8 Å². The normalized spacial score (nSPS) is 26.5. The summed E-state index contributed by atoms with van der Waals surface area (Å²) < 4.78 is 12.9. The molecule has 3 amide bonds. The number of carbonyl (C=O) groups is 4. The second-order valence-electron chi connectivity index (χ2n) is 13.1. The number of amides is 3. The van der Waals surface area contributed by atoms with Crippen LogP contribution in [0.1, 0.15) is 55.4 Å². The highest BCUT2D eigenvalue weighted by atomic mass is 79.9. The summed E-state index contributed by atoms with van der Waals surface area (Å²) in [5.74, 6) is -3.68. The number of nitrogens with one attached hydrogen (secondary N) is 1. The highest BCUT2D eigenvalue weighted by molar-refractivity contribution is 9.09. The third kappa shape index (κ3) is 6.85. The van der Waals surface area contributed by atoms with Gasteiger partial charge in [-0.15, -0.1) is 13.2 Å². The second-order valence-corrected chi connectivity index (χ2v) is 14.3. The second kappa shape index (κ2) is 15.4. The standard InChI is InChI=1S/C38H46BrN3O7/c1-6-9-15-30(44)40-21-29(25-13-11-10-12-14-25)48-37(47)31-32-35(45)42(26(8-3)22-43)34(38(32)20-27(39)33(31)49-38)36(46)41(18-7-2)28-19-23(4)16-17-24(28)5/h6-7,10-14,16-17,19,26-27,29,31-34,43H,1-2,8-9,15,18,20-22H2,3-5H3,(H,40,44)/t26-,27?,29+,31-,32+,33-,34-,38+/m0/s1. The van der Waals surface area contributed by atoms with Gasteiger partial charge >= 0.3 is 5.97 Å². The number of fused-ring (bicyclic) bond motifs is 1. The van der Waals surface area contributed by atoms with E-state index in [0.717, 1.165) is 11.1 Å². The molecule has 2 aromatic carbocycles. The number of aliphatic hydroxyl groups is 1. The lowest BCUT2D eigenvalue weighted by Gasteiger charge is -2.39. The van der Waals surface area contributed by atoms with Crippen LogP contribution in [0.3, 0.4) is 0 Å². The van der Waals surface area contributed by atoms with Crippen molar-refractivity contribution in [1.29, 1.82) is 0 Å². The number of allylic oxidation sites excluding steroid dienone is 1. The molecule has 8 atom stereocenters. The third-order valence-electron chi connectivity index (χ3n) is 10.0. The Hall–Kier alpha value is -3.80. The molecule has 5 rings (SSSR count). The molecule has 3 fully saturated rings. The van der Waals surface area contributed by atoms with Crippen LogP contribution in [0.25, 0.3) is 0 Å². The molecule has 3 aliphatic heterocycles. The average molecular weight is 737 g/mol. The summed E-state index contributed by atoms with van der Waals surface area (Å²) in [5, 5.41) is 13.3. The van der Waals surface area contributed by atoms with Crippen molar-refractivity contribution in [2.75, 3.05) is 24.6 Å². The van der Waals surface area contributed by atoms with Crippen LogP contribution in [0.2, 0.25) is 0 Å². The lowest BCUT2D eigenvalue weighted by Crippen LogP contribution is -2.59. The van der Waals surface area contributed by atoms with Gasteiger partial charge in [-0.3, -0.25) is 19.2 Å². The molecule has 10 nitrogen and oxygen atoms in total. The van der Waals surface area contributed by atoms with E-state index in [2.05, 4.69) is 34.4 Å². The topological polar surface area (TPSA) is 125 Å². The minimum absolute atomic E-state index is 0.0352. The fourth-order valence-electron chi connectivity index (χ4n) is 7.66.